The average Bonchev–Trinajstić information content (AvgIpc) is 2.44. The molecule has 0 bridgehead atoms. The van der Waals surface area contributed by atoms with E-state index in [1.807, 2.05) is 13.8 Å². The second-order valence-corrected chi connectivity index (χ2v) is 4.99. The van der Waals surface area contributed by atoms with Crippen LogP contribution in [0.15, 0.2) is 0 Å². The Kier molecular flexibility index (Phi) is 3.07. The van der Waals surface area contributed by atoms with E-state index in [4.69, 9.17) is 10.2 Å². The molecule has 1 saturated carbocycles. The van der Waals surface area contributed by atoms with Gasteiger partial charge in [0.15, 0.2) is 0 Å². The Hall–Kier alpha value is -1.06. The molecule has 0 unspecified atom stereocenters. The van der Waals surface area contributed by atoms with E-state index < -0.39 is 23.3 Å². The van der Waals surface area contributed by atoms with Crippen molar-refractivity contribution in [2.75, 3.05) is 0 Å². The van der Waals surface area contributed by atoms with Crippen molar-refractivity contribution in [2.24, 2.45) is 23.2 Å². The molecule has 0 aromatic carbocycles. The molecule has 1 fully saturated rings. The van der Waals surface area contributed by atoms with Gasteiger partial charge in [0.05, 0.1) is 11.3 Å². The van der Waals surface area contributed by atoms with Crippen molar-refractivity contribution in [3.63, 3.8) is 0 Å². The first-order chi connectivity index (χ1) is 6.80. The fourth-order valence-electron chi connectivity index (χ4n) is 2.68. The SMILES string of the molecule is CC(C)[C@H]1CC[C@@](C)(C(=O)O)[C@@H]1C(=O)O. The molecule has 0 radical (unpaired) electrons. The normalized spacial score (nSPS) is 35.7. The third-order valence-electron chi connectivity index (χ3n) is 3.72. The molecule has 1 aliphatic rings. The minimum Gasteiger partial charge on any atom is -0.481 e. The maximum Gasteiger partial charge on any atom is 0.310 e. The van der Waals surface area contributed by atoms with E-state index in [9.17, 15) is 9.59 Å². The van der Waals surface area contributed by atoms with Gasteiger partial charge in [0, 0.05) is 0 Å². The van der Waals surface area contributed by atoms with Gasteiger partial charge in [-0.25, -0.2) is 0 Å². The first kappa shape index (κ1) is 12.0. The minimum absolute atomic E-state index is 0.0244. The molecule has 3 atom stereocenters. The highest BCUT2D eigenvalue weighted by molar-refractivity contribution is 5.84. The largest absolute Gasteiger partial charge is 0.481 e. The summed E-state index contributed by atoms with van der Waals surface area (Å²) in [5.41, 5.74) is -1.10. The monoisotopic (exact) mass is 214 g/mol. The van der Waals surface area contributed by atoms with Crippen molar-refractivity contribution in [3.05, 3.63) is 0 Å². The Labute approximate surface area is 89.3 Å². The van der Waals surface area contributed by atoms with Crippen LogP contribution in [-0.4, -0.2) is 22.2 Å². The van der Waals surface area contributed by atoms with Gasteiger partial charge in [0.1, 0.15) is 0 Å². The van der Waals surface area contributed by atoms with E-state index in [1.165, 1.54) is 0 Å². The van der Waals surface area contributed by atoms with Gasteiger partial charge < -0.3 is 10.2 Å². The lowest BCUT2D eigenvalue weighted by Gasteiger charge is -2.28. The quantitative estimate of drug-likeness (QED) is 0.751. The van der Waals surface area contributed by atoms with Gasteiger partial charge in [-0.15, -0.1) is 0 Å². The third kappa shape index (κ3) is 1.85. The van der Waals surface area contributed by atoms with Gasteiger partial charge in [-0.05, 0) is 31.6 Å². The van der Waals surface area contributed by atoms with Crippen LogP contribution >= 0.6 is 0 Å². The summed E-state index contributed by atoms with van der Waals surface area (Å²) in [6.07, 6.45) is 1.15. The highest BCUT2D eigenvalue weighted by Gasteiger charge is 2.54. The number of hydrogen-bond donors (Lipinski definition) is 2. The maximum atomic E-state index is 11.2. The van der Waals surface area contributed by atoms with Crippen LogP contribution in [0.3, 0.4) is 0 Å². The molecule has 0 saturated heterocycles. The van der Waals surface area contributed by atoms with Crippen LogP contribution in [-0.2, 0) is 9.59 Å². The van der Waals surface area contributed by atoms with Crippen LogP contribution in [0.1, 0.15) is 33.6 Å². The first-order valence-electron chi connectivity index (χ1n) is 5.27. The highest BCUT2D eigenvalue weighted by Crippen LogP contribution is 2.49. The highest BCUT2D eigenvalue weighted by atomic mass is 16.4. The zero-order chi connectivity index (χ0) is 11.8. The van der Waals surface area contributed by atoms with E-state index in [1.54, 1.807) is 6.92 Å². The molecular weight excluding hydrogens is 196 g/mol. The number of carboxylic acids is 2. The molecule has 4 nitrogen and oxygen atoms in total. The third-order valence-corrected chi connectivity index (χ3v) is 3.72. The first-order valence-corrected chi connectivity index (χ1v) is 5.27. The summed E-state index contributed by atoms with van der Waals surface area (Å²) in [5, 5.41) is 18.3. The van der Waals surface area contributed by atoms with Crippen molar-refractivity contribution in [1.82, 2.24) is 0 Å². The maximum absolute atomic E-state index is 11.2. The lowest BCUT2D eigenvalue weighted by atomic mass is 9.74. The summed E-state index contributed by atoms with van der Waals surface area (Å²) in [6, 6.07) is 0. The standard InChI is InChI=1S/C11H18O4/c1-6(2)7-4-5-11(3,10(14)15)8(7)9(12)13/h6-8H,4-5H2,1-3H3,(H,12,13)(H,14,15)/t7-,8+,11-/m1/s1. The molecule has 2 N–H and O–H groups in total. The second kappa shape index (κ2) is 3.83. The molecule has 0 amide bonds. The van der Waals surface area contributed by atoms with Crippen LogP contribution in [0.2, 0.25) is 0 Å². The van der Waals surface area contributed by atoms with Crippen molar-refractivity contribution < 1.29 is 19.8 Å². The van der Waals surface area contributed by atoms with Crippen LogP contribution in [0.25, 0.3) is 0 Å². The fourth-order valence-corrected chi connectivity index (χ4v) is 2.68. The van der Waals surface area contributed by atoms with E-state index >= 15 is 0 Å². The Balaban J connectivity index is 3.04. The summed E-state index contributed by atoms with van der Waals surface area (Å²) in [7, 11) is 0. The van der Waals surface area contributed by atoms with Gasteiger partial charge in [-0.3, -0.25) is 9.59 Å². The number of hydrogen-bond acceptors (Lipinski definition) is 2. The molecule has 4 heteroatoms. The summed E-state index contributed by atoms with van der Waals surface area (Å²) in [4.78, 5) is 22.3. The summed E-state index contributed by atoms with van der Waals surface area (Å²) in [5.74, 6) is -2.53. The molecule has 0 aromatic rings. The molecule has 0 aromatic heterocycles. The Morgan fingerprint density at radius 2 is 1.87 bits per heavy atom. The van der Waals surface area contributed by atoms with Crippen molar-refractivity contribution in [3.8, 4) is 0 Å². The molecule has 86 valence electrons. The Morgan fingerprint density at radius 1 is 1.33 bits per heavy atom. The molecule has 0 aliphatic heterocycles. The lowest BCUT2D eigenvalue weighted by molar-refractivity contribution is -0.161. The molecule has 15 heavy (non-hydrogen) atoms. The number of aliphatic carboxylic acids is 2. The van der Waals surface area contributed by atoms with Gasteiger partial charge in [-0.2, -0.15) is 0 Å². The van der Waals surface area contributed by atoms with Gasteiger partial charge in [-0.1, -0.05) is 13.8 Å². The van der Waals surface area contributed by atoms with Crippen molar-refractivity contribution >= 4 is 11.9 Å². The molecule has 1 rings (SSSR count). The molecular formula is C11H18O4. The van der Waals surface area contributed by atoms with Crippen LogP contribution in [0, 0.1) is 23.2 Å². The van der Waals surface area contributed by atoms with Gasteiger partial charge in [0.25, 0.3) is 0 Å². The smallest absolute Gasteiger partial charge is 0.310 e. The van der Waals surface area contributed by atoms with Crippen molar-refractivity contribution in [2.45, 2.75) is 33.6 Å². The molecule has 0 spiro atoms. The molecule has 1 aliphatic carbocycles. The fraction of sp³-hybridized carbons (Fsp3) is 0.818. The predicted molar refractivity (Wildman–Crippen MR) is 54.4 cm³/mol. The Morgan fingerprint density at radius 3 is 2.20 bits per heavy atom. The van der Waals surface area contributed by atoms with Gasteiger partial charge >= 0.3 is 11.9 Å². The number of carboxylic acid groups (broad SMARTS) is 2. The summed E-state index contributed by atoms with van der Waals surface area (Å²) in [6.45, 7) is 5.46. The topological polar surface area (TPSA) is 74.6 Å². The summed E-state index contributed by atoms with van der Waals surface area (Å²) < 4.78 is 0. The van der Waals surface area contributed by atoms with Crippen molar-refractivity contribution in [1.29, 1.82) is 0 Å². The van der Waals surface area contributed by atoms with Gasteiger partial charge in [0.2, 0.25) is 0 Å². The van der Waals surface area contributed by atoms with E-state index in [-0.39, 0.29) is 11.8 Å². The van der Waals surface area contributed by atoms with Crippen LogP contribution in [0.4, 0.5) is 0 Å². The van der Waals surface area contributed by atoms with E-state index in [0.717, 1.165) is 0 Å². The minimum atomic E-state index is -1.10. The zero-order valence-corrected chi connectivity index (χ0v) is 9.36. The number of rotatable bonds is 3. The zero-order valence-electron chi connectivity index (χ0n) is 9.36. The summed E-state index contributed by atoms with van der Waals surface area (Å²) >= 11 is 0. The number of carbonyl (C=O) groups is 2. The van der Waals surface area contributed by atoms with E-state index in [0.29, 0.717) is 12.8 Å². The lowest BCUT2D eigenvalue weighted by Crippen LogP contribution is -2.39. The Bertz CT molecular complexity index is 284. The van der Waals surface area contributed by atoms with Crippen LogP contribution in [0.5, 0.6) is 0 Å². The van der Waals surface area contributed by atoms with Crippen LogP contribution < -0.4 is 0 Å². The average molecular weight is 214 g/mol. The molecule has 0 heterocycles. The predicted octanol–water partition coefficient (Wildman–Crippen LogP) is 1.84. The second-order valence-electron chi connectivity index (χ2n) is 4.99. The van der Waals surface area contributed by atoms with E-state index in [2.05, 4.69) is 0 Å².